The van der Waals surface area contributed by atoms with Crippen LogP contribution in [-0.4, -0.2) is 28.8 Å². The van der Waals surface area contributed by atoms with Crippen molar-refractivity contribution < 1.29 is 23.2 Å². The molecule has 7 heteroatoms. The van der Waals surface area contributed by atoms with Gasteiger partial charge in [-0.3, -0.25) is 4.79 Å². The molecule has 1 aromatic heterocycles. The predicted octanol–water partition coefficient (Wildman–Crippen LogP) is 3.15. The van der Waals surface area contributed by atoms with Gasteiger partial charge in [-0.25, -0.2) is 8.78 Å². The zero-order valence-electron chi connectivity index (χ0n) is 13.8. The number of carbonyl (C=O) groups excluding carboxylic acids is 1. The first-order valence-corrected chi connectivity index (χ1v) is 7.57. The zero-order chi connectivity index (χ0) is 17.9. The highest BCUT2D eigenvalue weighted by atomic mass is 19.2. The summed E-state index contributed by atoms with van der Waals surface area (Å²) in [5, 5.41) is 16.2. The Labute approximate surface area is 138 Å². The van der Waals surface area contributed by atoms with Crippen LogP contribution in [0.5, 0.6) is 0 Å². The molecule has 0 spiro atoms. The highest BCUT2D eigenvalue weighted by Gasteiger charge is 2.22. The lowest BCUT2D eigenvalue weighted by molar-refractivity contribution is 0.0550. The van der Waals surface area contributed by atoms with E-state index in [0.717, 1.165) is 12.1 Å². The standard InChI is InChI=1S/C17H20F2N2O3/c1-17(2,3)15(22)6-7-20-16(23)13-9-14(24-21-13)10-4-5-11(18)12(19)8-10/h4-5,8-9,15,22H,6-7H2,1-3H3,(H,20,23). The summed E-state index contributed by atoms with van der Waals surface area (Å²) < 4.78 is 31.2. The van der Waals surface area contributed by atoms with E-state index in [1.54, 1.807) is 0 Å². The minimum absolute atomic E-state index is 0.0278. The molecule has 0 aliphatic rings. The van der Waals surface area contributed by atoms with Crippen molar-refractivity contribution in [2.45, 2.75) is 33.3 Å². The van der Waals surface area contributed by atoms with Crippen LogP contribution in [0.3, 0.4) is 0 Å². The van der Waals surface area contributed by atoms with Gasteiger partial charge in [-0.15, -0.1) is 0 Å². The van der Waals surface area contributed by atoms with Gasteiger partial charge in [0.05, 0.1) is 6.10 Å². The molecule has 0 saturated carbocycles. The maximum atomic E-state index is 13.2. The molecule has 2 N–H and O–H groups in total. The second kappa shape index (κ2) is 7.09. The van der Waals surface area contributed by atoms with Crippen LogP contribution in [0.25, 0.3) is 11.3 Å². The topological polar surface area (TPSA) is 75.4 Å². The molecule has 1 heterocycles. The fourth-order valence-corrected chi connectivity index (χ4v) is 2.01. The SMILES string of the molecule is CC(C)(C)C(O)CCNC(=O)c1cc(-c2ccc(F)c(F)c2)on1. The van der Waals surface area contributed by atoms with Gasteiger partial charge >= 0.3 is 0 Å². The lowest BCUT2D eigenvalue weighted by Crippen LogP contribution is -2.32. The van der Waals surface area contributed by atoms with E-state index in [0.29, 0.717) is 6.42 Å². The molecular weight excluding hydrogens is 318 g/mol. The molecule has 0 fully saturated rings. The number of amides is 1. The first kappa shape index (κ1) is 18.1. The molecule has 1 unspecified atom stereocenters. The molecule has 2 rings (SSSR count). The molecule has 0 saturated heterocycles. The maximum Gasteiger partial charge on any atom is 0.273 e. The Morgan fingerprint density at radius 2 is 2.00 bits per heavy atom. The Morgan fingerprint density at radius 1 is 1.29 bits per heavy atom. The predicted molar refractivity (Wildman–Crippen MR) is 84.3 cm³/mol. The van der Waals surface area contributed by atoms with Crippen LogP contribution in [0.4, 0.5) is 8.78 Å². The monoisotopic (exact) mass is 338 g/mol. The summed E-state index contributed by atoms with van der Waals surface area (Å²) in [4.78, 5) is 12.0. The molecule has 0 aliphatic heterocycles. The van der Waals surface area contributed by atoms with Crippen molar-refractivity contribution in [2.24, 2.45) is 5.41 Å². The van der Waals surface area contributed by atoms with Crippen molar-refractivity contribution in [3.05, 3.63) is 41.6 Å². The van der Waals surface area contributed by atoms with Gasteiger partial charge in [-0.1, -0.05) is 25.9 Å². The summed E-state index contributed by atoms with van der Waals surface area (Å²) in [7, 11) is 0. The van der Waals surface area contributed by atoms with Crippen molar-refractivity contribution in [1.82, 2.24) is 10.5 Å². The van der Waals surface area contributed by atoms with E-state index in [1.807, 2.05) is 20.8 Å². The number of aliphatic hydroxyl groups excluding tert-OH is 1. The van der Waals surface area contributed by atoms with Gasteiger partial charge in [0.25, 0.3) is 5.91 Å². The van der Waals surface area contributed by atoms with Crippen molar-refractivity contribution in [3.8, 4) is 11.3 Å². The third-order valence-corrected chi connectivity index (χ3v) is 3.65. The number of aromatic nitrogens is 1. The summed E-state index contributed by atoms with van der Waals surface area (Å²) in [5.41, 5.74) is 0.0434. The summed E-state index contributed by atoms with van der Waals surface area (Å²) >= 11 is 0. The van der Waals surface area contributed by atoms with Crippen LogP contribution >= 0.6 is 0 Å². The number of hydrogen-bond acceptors (Lipinski definition) is 4. The first-order valence-electron chi connectivity index (χ1n) is 7.57. The lowest BCUT2D eigenvalue weighted by Gasteiger charge is -2.25. The smallest absolute Gasteiger partial charge is 0.273 e. The molecule has 1 atom stereocenters. The Kier molecular flexibility index (Phi) is 5.33. The maximum absolute atomic E-state index is 13.2. The fourth-order valence-electron chi connectivity index (χ4n) is 2.01. The van der Waals surface area contributed by atoms with Crippen molar-refractivity contribution in [1.29, 1.82) is 0 Å². The third-order valence-electron chi connectivity index (χ3n) is 3.65. The van der Waals surface area contributed by atoms with Crippen LogP contribution < -0.4 is 5.32 Å². The van der Waals surface area contributed by atoms with Crippen LogP contribution in [0.2, 0.25) is 0 Å². The molecular formula is C17H20F2N2O3. The number of halogens is 2. The van der Waals surface area contributed by atoms with E-state index in [4.69, 9.17) is 4.52 Å². The van der Waals surface area contributed by atoms with Gasteiger partial charge in [0.2, 0.25) is 0 Å². The van der Waals surface area contributed by atoms with E-state index >= 15 is 0 Å². The minimum atomic E-state index is -1.01. The Hall–Kier alpha value is -2.28. The van der Waals surface area contributed by atoms with Crippen LogP contribution in [-0.2, 0) is 0 Å². The van der Waals surface area contributed by atoms with Crippen molar-refractivity contribution in [3.63, 3.8) is 0 Å². The summed E-state index contributed by atoms with van der Waals surface area (Å²) in [6.07, 6.45) is -0.142. The van der Waals surface area contributed by atoms with Crippen LogP contribution in [0.1, 0.15) is 37.7 Å². The number of aliphatic hydroxyl groups is 1. The van der Waals surface area contributed by atoms with E-state index in [2.05, 4.69) is 10.5 Å². The van der Waals surface area contributed by atoms with E-state index in [-0.39, 0.29) is 29.0 Å². The summed E-state index contributed by atoms with van der Waals surface area (Å²) in [6, 6.07) is 4.63. The Balaban J connectivity index is 1.97. The second-order valence-electron chi connectivity index (χ2n) is 6.63. The molecule has 1 amide bonds. The average Bonchev–Trinajstić information content (AvgIpc) is 2.98. The van der Waals surface area contributed by atoms with Gasteiger partial charge in [0.15, 0.2) is 23.1 Å². The molecule has 5 nitrogen and oxygen atoms in total. The molecule has 24 heavy (non-hydrogen) atoms. The molecule has 0 bridgehead atoms. The fraction of sp³-hybridized carbons (Fsp3) is 0.412. The number of rotatable bonds is 5. The second-order valence-corrected chi connectivity index (χ2v) is 6.63. The Bertz CT molecular complexity index is 723. The number of nitrogens with one attached hydrogen (secondary N) is 1. The molecule has 0 radical (unpaired) electrons. The minimum Gasteiger partial charge on any atom is -0.393 e. The van der Waals surface area contributed by atoms with Gasteiger partial charge in [0.1, 0.15) is 0 Å². The first-order chi connectivity index (χ1) is 11.2. The molecule has 130 valence electrons. The van der Waals surface area contributed by atoms with E-state index in [9.17, 15) is 18.7 Å². The highest BCUT2D eigenvalue weighted by molar-refractivity contribution is 5.93. The highest BCUT2D eigenvalue weighted by Crippen LogP contribution is 2.23. The molecule has 1 aromatic carbocycles. The Morgan fingerprint density at radius 3 is 2.62 bits per heavy atom. The van der Waals surface area contributed by atoms with Crippen LogP contribution in [0.15, 0.2) is 28.8 Å². The number of hydrogen-bond donors (Lipinski definition) is 2. The number of benzene rings is 1. The average molecular weight is 338 g/mol. The van der Waals surface area contributed by atoms with Crippen molar-refractivity contribution >= 4 is 5.91 Å². The number of nitrogens with zero attached hydrogens (tertiary/aromatic N) is 1. The van der Waals surface area contributed by atoms with Crippen molar-refractivity contribution in [2.75, 3.05) is 6.54 Å². The summed E-state index contributed by atoms with van der Waals surface area (Å²) in [5.74, 6) is -2.28. The van der Waals surface area contributed by atoms with Gasteiger partial charge in [-0.05, 0) is 30.0 Å². The van der Waals surface area contributed by atoms with E-state index in [1.165, 1.54) is 12.1 Å². The quantitative estimate of drug-likeness (QED) is 0.878. The van der Waals surface area contributed by atoms with E-state index < -0.39 is 23.6 Å². The van der Waals surface area contributed by atoms with Gasteiger partial charge in [0, 0.05) is 18.2 Å². The normalized spacial score (nSPS) is 12.9. The lowest BCUT2D eigenvalue weighted by atomic mass is 9.87. The molecule has 0 aliphatic carbocycles. The molecule has 2 aromatic rings. The third kappa shape index (κ3) is 4.38. The summed E-state index contributed by atoms with van der Waals surface area (Å²) in [6.45, 7) is 6.01. The zero-order valence-corrected chi connectivity index (χ0v) is 13.8. The largest absolute Gasteiger partial charge is 0.393 e. The van der Waals surface area contributed by atoms with Crippen LogP contribution in [0, 0.1) is 17.0 Å². The van der Waals surface area contributed by atoms with Gasteiger partial charge in [-0.2, -0.15) is 0 Å². The van der Waals surface area contributed by atoms with Gasteiger partial charge < -0.3 is 14.9 Å². The number of carbonyl (C=O) groups is 1.